The Kier molecular flexibility index (Phi) is 5.76. The molecule has 6 nitrogen and oxygen atoms in total. The van der Waals surface area contributed by atoms with Gasteiger partial charge in [0.25, 0.3) is 0 Å². The van der Waals surface area contributed by atoms with E-state index in [0.29, 0.717) is 6.54 Å². The van der Waals surface area contributed by atoms with E-state index in [0.717, 1.165) is 31.6 Å². The van der Waals surface area contributed by atoms with E-state index in [9.17, 15) is 4.79 Å². The molecule has 0 bridgehead atoms. The number of carbonyl (C=O) groups excluding carboxylic acids is 1. The summed E-state index contributed by atoms with van der Waals surface area (Å²) in [6.45, 7) is 8.13. The lowest BCUT2D eigenvalue weighted by Gasteiger charge is -2.20. The zero-order valence-electron chi connectivity index (χ0n) is 13.1. The van der Waals surface area contributed by atoms with E-state index < -0.39 is 0 Å². The lowest BCUT2D eigenvalue weighted by molar-refractivity contribution is -0.123. The van der Waals surface area contributed by atoms with Gasteiger partial charge >= 0.3 is 0 Å². The molecule has 2 rings (SSSR count). The fourth-order valence-electron chi connectivity index (χ4n) is 2.58. The van der Waals surface area contributed by atoms with E-state index in [1.165, 1.54) is 0 Å². The largest absolute Gasteiger partial charge is 0.376 e. The van der Waals surface area contributed by atoms with Gasteiger partial charge in [0.15, 0.2) is 0 Å². The molecular weight excluding hydrogens is 268 g/mol. The number of amides is 1. The van der Waals surface area contributed by atoms with Crippen LogP contribution in [0.1, 0.15) is 32.3 Å². The minimum atomic E-state index is -0.224. The summed E-state index contributed by atoms with van der Waals surface area (Å²) in [5.74, 6) is 0.0222. The molecule has 0 aliphatic carbocycles. The zero-order chi connectivity index (χ0) is 15.2. The highest BCUT2D eigenvalue weighted by molar-refractivity contribution is 5.81. The molecule has 1 aliphatic rings. The molecule has 118 valence electrons. The van der Waals surface area contributed by atoms with Crippen LogP contribution in [0.3, 0.4) is 0 Å². The number of aromatic nitrogens is 2. The highest BCUT2D eigenvalue weighted by Gasteiger charge is 2.19. The molecule has 1 aliphatic heterocycles. The average molecular weight is 294 g/mol. The Morgan fingerprint density at radius 3 is 3.00 bits per heavy atom. The van der Waals surface area contributed by atoms with Crippen LogP contribution < -0.4 is 10.6 Å². The quantitative estimate of drug-likeness (QED) is 0.782. The standard InChI is InChI=1S/C15H26N4O2/c1-11-7-17-19(9-11)10-12(2)18-13(3)15(20)16-8-14-5-4-6-21-14/h7,9,12-14,18H,4-6,8,10H2,1-3H3,(H,16,20)/t12-,13-,14+/m0/s1. The van der Waals surface area contributed by atoms with Crippen molar-refractivity contribution in [1.82, 2.24) is 20.4 Å². The number of carbonyl (C=O) groups is 1. The van der Waals surface area contributed by atoms with Crippen LogP contribution in [0.4, 0.5) is 0 Å². The average Bonchev–Trinajstić information content (AvgIpc) is 3.07. The third kappa shape index (κ3) is 5.13. The van der Waals surface area contributed by atoms with Crippen molar-refractivity contribution >= 4 is 5.91 Å². The van der Waals surface area contributed by atoms with Crippen molar-refractivity contribution in [3.8, 4) is 0 Å². The number of ether oxygens (including phenoxy) is 1. The summed E-state index contributed by atoms with van der Waals surface area (Å²) < 4.78 is 7.39. The topological polar surface area (TPSA) is 68.2 Å². The summed E-state index contributed by atoms with van der Waals surface area (Å²) in [5.41, 5.74) is 1.14. The van der Waals surface area contributed by atoms with Gasteiger partial charge in [0.2, 0.25) is 5.91 Å². The van der Waals surface area contributed by atoms with Gasteiger partial charge in [-0.25, -0.2) is 0 Å². The molecule has 21 heavy (non-hydrogen) atoms. The molecule has 1 amide bonds. The maximum absolute atomic E-state index is 12.0. The van der Waals surface area contributed by atoms with Crippen molar-refractivity contribution in [2.24, 2.45) is 0 Å². The lowest BCUT2D eigenvalue weighted by atomic mass is 10.2. The first kappa shape index (κ1) is 16.0. The fraction of sp³-hybridized carbons (Fsp3) is 0.733. The van der Waals surface area contributed by atoms with Crippen LogP contribution in [0.2, 0.25) is 0 Å². The summed E-state index contributed by atoms with van der Waals surface area (Å²) >= 11 is 0. The molecule has 0 aromatic carbocycles. The van der Waals surface area contributed by atoms with E-state index in [1.54, 1.807) is 0 Å². The number of aryl methyl sites for hydroxylation is 1. The van der Waals surface area contributed by atoms with Crippen molar-refractivity contribution in [1.29, 1.82) is 0 Å². The van der Waals surface area contributed by atoms with Crippen LogP contribution in [-0.2, 0) is 16.1 Å². The third-order valence-electron chi connectivity index (χ3n) is 3.68. The highest BCUT2D eigenvalue weighted by Crippen LogP contribution is 2.10. The molecule has 2 heterocycles. The number of nitrogens with zero attached hydrogens (tertiary/aromatic N) is 2. The molecule has 1 fully saturated rings. The maximum atomic E-state index is 12.0. The van der Waals surface area contributed by atoms with Gasteiger partial charge in [-0.1, -0.05) is 0 Å². The first-order chi connectivity index (χ1) is 10.0. The molecule has 6 heteroatoms. The highest BCUT2D eigenvalue weighted by atomic mass is 16.5. The molecule has 1 aromatic rings. The Hall–Kier alpha value is -1.40. The second kappa shape index (κ2) is 7.56. The second-order valence-electron chi connectivity index (χ2n) is 5.91. The Balaban J connectivity index is 1.69. The predicted octanol–water partition coefficient (Wildman–Crippen LogP) is 0.853. The monoisotopic (exact) mass is 294 g/mol. The van der Waals surface area contributed by atoms with Gasteiger partial charge in [-0.05, 0) is 39.2 Å². The van der Waals surface area contributed by atoms with Crippen LogP contribution in [0.15, 0.2) is 12.4 Å². The van der Waals surface area contributed by atoms with Crippen molar-refractivity contribution in [2.45, 2.75) is 58.3 Å². The molecule has 1 saturated heterocycles. The molecule has 0 spiro atoms. The van der Waals surface area contributed by atoms with Crippen molar-refractivity contribution in [3.05, 3.63) is 18.0 Å². The van der Waals surface area contributed by atoms with Crippen molar-refractivity contribution in [3.63, 3.8) is 0 Å². The van der Waals surface area contributed by atoms with Crippen LogP contribution in [0.25, 0.3) is 0 Å². The van der Waals surface area contributed by atoms with E-state index >= 15 is 0 Å². The molecule has 0 radical (unpaired) electrons. The molecule has 1 aromatic heterocycles. The minimum Gasteiger partial charge on any atom is -0.376 e. The third-order valence-corrected chi connectivity index (χ3v) is 3.68. The number of nitrogens with one attached hydrogen (secondary N) is 2. The van der Waals surface area contributed by atoms with Crippen molar-refractivity contribution < 1.29 is 9.53 Å². The summed E-state index contributed by atoms with van der Waals surface area (Å²) in [6, 6.07) is -0.0501. The van der Waals surface area contributed by atoms with Crippen LogP contribution in [0.5, 0.6) is 0 Å². The van der Waals surface area contributed by atoms with E-state index in [-0.39, 0.29) is 24.1 Å². The minimum absolute atomic E-state index is 0.0222. The summed E-state index contributed by atoms with van der Waals surface area (Å²) in [4.78, 5) is 12.0. The van der Waals surface area contributed by atoms with E-state index in [4.69, 9.17) is 4.74 Å². The molecule has 0 unspecified atom stereocenters. The summed E-state index contributed by atoms with van der Waals surface area (Å²) in [7, 11) is 0. The van der Waals surface area contributed by atoms with E-state index in [1.807, 2.05) is 30.9 Å². The normalized spacial score (nSPS) is 21.2. The van der Waals surface area contributed by atoms with Crippen LogP contribution in [-0.4, -0.2) is 47.0 Å². The Bertz CT molecular complexity index is 454. The van der Waals surface area contributed by atoms with Crippen LogP contribution >= 0.6 is 0 Å². The summed E-state index contributed by atoms with van der Waals surface area (Å²) in [5, 5.41) is 10.5. The Labute approximate surface area is 126 Å². The number of rotatable bonds is 7. The molecular formula is C15H26N4O2. The number of hydrogen-bond donors (Lipinski definition) is 2. The van der Waals surface area contributed by atoms with Gasteiger partial charge in [0, 0.05) is 25.4 Å². The Morgan fingerprint density at radius 1 is 1.57 bits per heavy atom. The van der Waals surface area contributed by atoms with Crippen molar-refractivity contribution in [2.75, 3.05) is 13.2 Å². The maximum Gasteiger partial charge on any atom is 0.236 e. The molecule has 0 saturated carbocycles. The molecule has 2 N–H and O–H groups in total. The van der Waals surface area contributed by atoms with Gasteiger partial charge in [0.1, 0.15) is 0 Å². The first-order valence-corrected chi connectivity index (χ1v) is 7.69. The number of hydrogen-bond acceptors (Lipinski definition) is 4. The van der Waals surface area contributed by atoms with Gasteiger partial charge in [-0.15, -0.1) is 0 Å². The van der Waals surface area contributed by atoms with Gasteiger partial charge in [-0.2, -0.15) is 5.10 Å². The SMILES string of the molecule is Cc1cnn(C[C@H](C)N[C@@H](C)C(=O)NC[C@H]2CCCO2)c1. The first-order valence-electron chi connectivity index (χ1n) is 7.69. The summed E-state index contributed by atoms with van der Waals surface area (Å²) in [6.07, 6.45) is 6.15. The predicted molar refractivity (Wildman–Crippen MR) is 81.0 cm³/mol. The van der Waals surface area contributed by atoms with E-state index in [2.05, 4.69) is 22.7 Å². The van der Waals surface area contributed by atoms with Crippen LogP contribution in [0, 0.1) is 6.92 Å². The van der Waals surface area contributed by atoms with Gasteiger partial charge in [0.05, 0.1) is 24.9 Å². The van der Waals surface area contributed by atoms with Gasteiger partial charge < -0.3 is 15.4 Å². The second-order valence-corrected chi connectivity index (χ2v) is 5.91. The molecule has 3 atom stereocenters. The smallest absolute Gasteiger partial charge is 0.236 e. The lowest BCUT2D eigenvalue weighted by Crippen LogP contribution is -2.48. The fourth-order valence-corrected chi connectivity index (χ4v) is 2.58. The van der Waals surface area contributed by atoms with Gasteiger partial charge in [-0.3, -0.25) is 9.48 Å². The Morgan fingerprint density at radius 2 is 2.38 bits per heavy atom. The zero-order valence-corrected chi connectivity index (χ0v) is 13.1.